The lowest BCUT2D eigenvalue weighted by Crippen LogP contribution is -2.13. The van der Waals surface area contributed by atoms with Crippen LogP contribution in [-0.4, -0.2) is 18.2 Å². The smallest absolute Gasteiger partial charge is 0.155 e. The number of hydrogen-bond acceptors (Lipinski definition) is 2. The summed E-state index contributed by atoms with van der Waals surface area (Å²) in [5.74, 6) is 1.47. The zero-order chi connectivity index (χ0) is 11.8. The lowest BCUT2D eigenvalue weighted by atomic mass is 10.2. The standard InChI is InChI=1S/C13H19BrO2/c1-11(2)10-15-9-8-13(14)16-12-6-4-3-5-7-12/h3-7,11,13H,8-10H2,1-2H3. The molecule has 0 aliphatic heterocycles. The highest BCUT2D eigenvalue weighted by atomic mass is 79.9. The van der Waals surface area contributed by atoms with Gasteiger partial charge in [-0.15, -0.1) is 0 Å². The molecule has 0 amide bonds. The molecular weight excluding hydrogens is 268 g/mol. The maximum absolute atomic E-state index is 5.66. The van der Waals surface area contributed by atoms with Gasteiger partial charge in [-0.05, 0) is 34.0 Å². The Morgan fingerprint density at radius 1 is 1.19 bits per heavy atom. The van der Waals surface area contributed by atoms with Crippen molar-refractivity contribution in [1.82, 2.24) is 0 Å². The van der Waals surface area contributed by atoms with E-state index in [1.165, 1.54) is 0 Å². The van der Waals surface area contributed by atoms with Crippen molar-refractivity contribution in [3.63, 3.8) is 0 Å². The molecule has 16 heavy (non-hydrogen) atoms. The van der Waals surface area contributed by atoms with Gasteiger partial charge in [-0.2, -0.15) is 0 Å². The summed E-state index contributed by atoms with van der Waals surface area (Å²) >= 11 is 3.48. The van der Waals surface area contributed by atoms with Crippen LogP contribution < -0.4 is 4.74 Å². The normalized spacial score (nSPS) is 12.8. The average Bonchev–Trinajstić information content (AvgIpc) is 2.25. The van der Waals surface area contributed by atoms with E-state index in [0.717, 1.165) is 25.4 Å². The second-order valence-corrected chi connectivity index (χ2v) is 5.12. The molecule has 0 aromatic heterocycles. The number of benzene rings is 1. The first kappa shape index (κ1) is 13.5. The first-order valence-corrected chi connectivity index (χ1v) is 6.53. The minimum absolute atomic E-state index is 0.0158. The summed E-state index contributed by atoms with van der Waals surface area (Å²) in [6, 6.07) is 9.79. The van der Waals surface area contributed by atoms with E-state index in [-0.39, 0.29) is 5.01 Å². The lowest BCUT2D eigenvalue weighted by molar-refractivity contribution is 0.0944. The number of ether oxygens (including phenoxy) is 2. The fourth-order valence-corrected chi connectivity index (χ4v) is 1.60. The van der Waals surface area contributed by atoms with Gasteiger partial charge in [-0.3, -0.25) is 0 Å². The molecule has 0 radical (unpaired) electrons. The van der Waals surface area contributed by atoms with Crippen LogP contribution in [0.1, 0.15) is 20.3 Å². The predicted molar refractivity (Wildman–Crippen MR) is 70.1 cm³/mol. The number of para-hydroxylation sites is 1. The van der Waals surface area contributed by atoms with E-state index in [1.54, 1.807) is 0 Å². The van der Waals surface area contributed by atoms with Crippen LogP contribution in [0.25, 0.3) is 0 Å². The van der Waals surface area contributed by atoms with Gasteiger partial charge in [0.1, 0.15) is 5.75 Å². The Morgan fingerprint density at radius 2 is 1.88 bits per heavy atom. The molecule has 0 saturated carbocycles. The number of rotatable bonds is 7. The minimum atomic E-state index is 0.0158. The SMILES string of the molecule is CC(C)COCCC(Br)Oc1ccccc1. The van der Waals surface area contributed by atoms with Gasteiger partial charge < -0.3 is 9.47 Å². The van der Waals surface area contributed by atoms with Crippen LogP contribution in [0.15, 0.2) is 30.3 Å². The largest absolute Gasteiger partial charge is 0.479 e. The van der Waals surface area contributed by atoms with Gasteiger partial charge in [0, 0.05) is 13.0 Å². The van der Waals surface area contributed by atoms with Crippen molar-refractivity contribution in [2.45, 2.75) is 25.3 Å². The van der Waals surface area contributed by atoms with Crippen LogP contribution in [0, 0.1) is 5.92 Å². The molecule has 1 aromatic rings. The van der Waals surface area contributed by atoms with Gasteiger partial charge in [0.05, 0.1) is 6.61 Å². The zero-order valence-corrected chi connectivity index (χ0v) is 11.4. The van der Waals surface area contributed by atoms with Gasteiger partial charge in [0.15, 0.2) is 5.01 Å². The molecule has 0 aliphatic rings. The molecule has 2 nitrogen and oxygen atoms in total. The Labute approximate surface area is 106 Å². The Kier molecular flexibility index (Phi) is 6.50. The highest BCUT2D eigenvalue weighted by molar-refractivity contribution is 9.09. The van der Waals surface area contributed by atoms with Gasteiger partial charge in [0.25, 0.3) is 0 Å². The minimum Gasteiger partial charge on any atom is -0.479 e. The van der Waals surface area contributed by atoms with Gasteiger partial charge in [-0.25, -0.2) is 0 Å². The Hall–Kier alpha value is -0.540. The molecule has 0 spiro atoms. The van der Waals surface area contributed by atoms with Gasteiger partial charge in [0.2, 0.25) is 0 Å². The first-order valence-electron chi connectivity index (χ1n) is 5.62. The molecule has 1 atom stereocenters. The van der Waals surface area contributed by atoms with Crippen LogP contribution in [0.4, 0.5) is 0 Å². The second-order valence-electron chi connectivity index (χ2n) is 4.10. The van der Waals surface area contributed by atoms with Crippen LogP contribution in [-0.2, 0) is 4.74 Å². The number of alkyl halides is 1. The predicted octanol–water partition coefficient (Wildman–Crippen LogP) is 3.85. The Bertz CT molecular complexity index is 275. The maximum atomic E-state index is 5.66. The highest BCUT2D eigenvalue weighted by Gasteiger charge is 2.05. The first-order chi connectivity index (χ1) is 7.68. The van der Waals surface area contributed by atoms with Crippen molar-refractivity contribution in [3.8, 4) is 5.75 Å². The van der Waals surface area contributed by atoms with Crippen LogP contribution in [0.2, 0.25) is 0 Å². The number of hydrogen-bond donors (Lipinski definition) is 0. The van der Waals surface area contributed by atoms with E-state index in [9.17, 15) is 0 Å². The topological polar surface area (TPSA) is 18.5 Å². The zero-order valence-electron chi connectivity index (χ0n) is 9.86. The van der Waals surface area contributed by atoms with E-state index in [0.29, 0.717) is 5.92 Å². The summed E-state index contributed by atoms with van der Waals surface area (Å²) in [5, 5.41) is 0.0158. The van der Waals surface area contributed by atoms with Crippen molar-refractivity contribution >= 4 is 15.9 Å². The van der Waals surface area contributed by atoms with Crippen LogP contribution >= 0.6 is 15.9 Å². The summed E-state index contributed by atoms with van der Waals surface area (Å²) in [7, 11) is 0. The third kappa shape index (κ3) is 6.13. The molecule has 0 heterocycles. The second kappa shape index (κ2) is 7.69. The summed E-state index contributed by atoms with van der Waals surface area (Å²) < 4.78 is 11.2. The van der Waals surface area contributed by atoms with Gasteiger partial charge >= 0.3 is 0 Å². The van der Waals surface area contributed by atoms with Crippen molar-refractivity contribution < 1.29 is 9.47 Å². The van der Waals surface area contributed by atoms with Crippen molar-refractivity contribution in [1.29, 1.82) is 0 Å². The third-order valence-electron chi connectivity index (χ3n) is 1.95. The quantitative estimate of drug-likeness (QED) is 0.560. The summed E-state index contributed by atoms with van der Waals surface area (Å²) in [4.78, 5) is 0. The molecule has 3 heteroatoms. The molecule has 0 fully saturated rings. The average molecular weight is 287 g/mol. The molecule has 1 aromatic carbocycles. The summed E-state index contributed by atoms with van der Waals surface area (Å²) in [6.45, 7) is 5.82. The molecule has 0 saturated heterocycles. The van der Waals surface area contributed by atoms with Crippen LogP contribution in [0.5, 0.6) is 5.75 Å². The van der Waals surface area contributed by atoms with E-state index in [2.05, 4.69) is 29.8 Å². The molecular formula is C13H19BrO2. The number of halogens is 1. The Balaban J connectivity index is 2.14. The monoisotopic (exact) mass is 286 g/mol. The highest BCUT2D eigenvalue weighted by Crippen LogP contribution is 2.15. The van der Waals surface area contributed by atoms with Crippen LogP contribution in [0.3, 0.4) is 0 Å². The summed E-state index contributed by atoms with van der Waals surface area (Å²) in [6.07, 6.45) is 0.849. The fourth-order valence-electron chi connectivity index (χ4n) is 1.20. The van der Waals surface area contributed by atoms with E-state index >= 15 is 0 Å². The molecule has 1 unspecified atom stereocenters. The van der Waals surface area contributed by atoms with Crippen molar-refractivity contribution in [2.24, 2.45) is 5.92 Å². The van der Waals surface area contributed by atoms with Gasteiger partial charge in [-0.1, -0.05) is 32.0 Å². The molecule has 0 bridgehead atoms. The molecule has 0 N–H and O–H groups in total. The molecule has 0 aliphatic carbocycles. The molecule has 1 rings (SSSR count). The molecule has 90 valence electrons. The summed E-state index contributed by atoms with van der Waals surface area (Å²) in [5.41, 5.74) is 0. The van der Waals surface area contributed by atoms with Crippen molar-refractivity contribution in [3.05, 3.63) is 30.3 Å². The van der Waals surface area contributed by atoms with E-state index in [4.69, 9.17) is 9.47 Å². The van der Waals surface area contributed by atoms with E-state index < -0.39 is 0 Å². The lowest BCUT2D eigenvalue weighted by Gasteiger charge is -2.13. The van der Waals surface area contributed by atoms with Crippen molar-refractivity contribution in [2.75, 3.05) is 13.2 Å². The fraction of sp³-hybridized carbons (Fsp3) is 0.538. The Morgan fingerprint density at radius 3 is 2.50 bits per heavy atom. The third-order valence-corrected chi connectivity index (χ3v) is 2.59. The van der Waals surface area contributed by atoms with E-state index in [1.807, 2.05) is 30.3 Å². The maximum Gasteiger partial charge on any atom is 0.155 e.